The van der Waals surface area contributed by atoms with E-state index in [1.54, 1.807) is 0 Å². The number of hydrogen-bond acceptors (Lipinski definition) is 1. The third kappa shape index (κ3) is 5.99. The van der Waals surface area contributed by atoms with Crippen LogP contribution in [0.2, 0.25) is 0 Å². The minimum absolute atomic E-state index is 0.420. The summed E-state index contributed by atoms with van der Waals surface area (Å²) in [6.07, 6.45) is -3.53. The Morgan fingerprint density at radius 1 is 1.09 bits per heavy atom. The van der Waals surface area contributed by atoms with Crippen molar-refractivity contribution in [2.75, 3.05) is 13.1 Å². The fourth-order valence-electron chi connectivity index (χ4n) is 2.57. The quantitative estimate of drug-likeness (QED) is 0.669. The normalized spacial score (nSPS) is 14.5. The molecule has 128 valence electrons. The Hall–Kier alpha value is -1.03. The van der Waals surface area contributed by atoms with Crippen molar-refractivity contribution in [1.82, 2.24) is 4.90 Å². The lowest BCUT2D eigenvalue weighted by Crippen LogP contribution is -2.34. The summed E-state index contributed by atoms with van der Waals surface area (Å²) in [5.41, 5.74) is 0.857. The van der Waals surface area contributed by atoms with E-state index in [0.717, 1.165) is 18.7 Å². The van der Waals surface area contributed by atoms with E-state index in [1.807, 2.05) is 33.8 Å². The first-order chi connectivity index (χ1) is 10.4. The molecule has 22 heavy (non-hydrogen) atoms. The molecule has 0 saturated carbocycles. The van der Waals surface area contributed by atoms with Crippen molar-refractivity contribution in [3.05, 3.63) is 34.9 Å². The maximum Gasteiger partial charge on any atom is 0.416 e. The molecule has 0 aliphatic carbocycles. The molecule has 1 aliphatic heterocycles. The zero-order chi connectivity index (χ0) is 17.3. The molecular formula is C18H30F3N. The second kappa shape index (κ2) is 9.88. The fraction of sp³-hybridized carbons (Fsp3) is 0.667. The molecule has 1 aliphatic rings. The van der Waals surface area contributed by atoms with E-state index in [1.165, 1.54) is 12.1 Å². The van der Waals surface area contributed by atoms with Crippen LogP contribution in [0.25, 0.3) is 0 Å². The van der Waals surface area contributed by atoms with Crippen molar-refractivity contribution in [2.24, 2.45) is 5.92 Å². The summed E-state index contributed by atoms with van der Waals surface area (Å²) < 4.78 is 38.8. The van der Waals surface area contributed by atoms with Gasteiger partial charge in [-0.2, -0.15) is 13.2 Å². The van der Waals surface area contributed by atoms with Gasteiger partial charge >= 0.3 is 6.18 Å². The second-order valence-corrected chi connectivity index (χ2v) is 5.32. The third-order valence-electron chi connectivity index (χ3n) is 3.28. The smallest absolute Gasteiger partial charge is 0.298 e. The van der Waals surface area contributed by atoms with Crippen LogP contribution in [-0.4, -0.2) is 18.0 Å². The number of alkyl halides is 3. The number of hydrogen-bond donors (Lipinski definition) is 0. The molecule has 0 atom stereocenters. The van der Waals surface area contributed by atoms with Gasteiger partial charge in [-0.1, -0.05) is 53.7 Å². The van der Waals surface area contributed by atoms with Crippen molar-refractivity contribution in [1.29, 1.82) is 0 Å². The molecule has 4 heteroatoms. The molecule has 0 radical (unpaired) electrons. The molecule has 0 fully saturated rings. The standard InChI is InChI=1S/C14H18F3N.2C2H6/c1-10(2)8-18-7-6-11-4-3-5-13(12(11)9-18)14(15,16)17;2*1-2/h3-5,10H,6-9H2,1-2H3;2*1-2H3. The highest BCUT2D eigenvalue weighted by atomic mass is 19.4. The minimum Gasteiger partial charge on any atom is -0.298 e. The Labute approximate surface area is 133 Å². The third-order valence-corrected chi connectivity index (χ3v) is 3.28. The number of fused-ring (bicyclic) bond motifs is 1. The summed E-state index contributed by atoms with van der Waals surface area (Å²) in [7, 11) is 0. The van der Waals surface area contributed by atoms with Crippen LogP contribution in [0.15, 0.2) is 18.2 Å². The topological polar surface area (TPSA) is 3.24 Å². The van der Waals surface area contributed by atoms with Gasteiger partial charge in [0.1, 0.15) is 0 Å². The van der Waals surface area contributed by atoms with Crippen LogP contribution in [0.3, 0.4) is 0 Å². The molecule has 1 aromatic rings. The van der Waals surface area contributed by atoms with Gasteiger partial charge in [0, 0.05) is 19.6 Å². The largest absolute Gasteiger partial charge is 0.416 e. The summed E-state index contributed by atoms with van der Waals surface area (Å²) in [6, 6.07) is 4.52. The van der Waals surface area contributed by atoms with Gasteiger partial charge in [0.2, 0.25) is 0 Å². The van der Waals surface area contributed by atoms with Gasteiger partial charge in [-0.3, -0.25) is 4.90 Å². The van der Waals surface area contributed by atoms with Crippen LogP contribution in [0.5, 0.6) is 0 Å². The fourth-order valence-corrected chi connectivity index (χ4v) is 2.57. The van der Waals surface area contributed by atoms with Crippen molar-refractivity contribution in [3.63, 3.8) is 0 Å². The van der Waals surface area contributed by atoms with Gasteiger partial charge in [-0.05, 0) is 29.5 Å². The van der Waals surface area contributed by atoms with Gasteiger partial charge in [-0.25, -0.2) is 0 Å². The SMILES string of the molecule is CC.CC.CC(C)CN1CCc2cccc(C(F)(F)F)c2C1. The summed E-state index contributed by atoms with van der Waals surface area (Å²) >= 11 is 0. The number of nitrogens with zero attached hydrogens (tertiary/aromatic N) is 1. The maximum atomic E-state index is 12.9. The predicted octanol–water partition coefficient (Wildman–Crippen LogP) is 5.77. The number of benzene rings is 1. The molecule has 1 aromatic carbocycles. The predicted molar refractivity (Wildman–Crippen MR) is 88.0 cm³/mol. The van der Waals surface area contributed by atoms with Crippen LogP contribution in [0, 0.1) is 5.92 Å². The van der Waals surface area contributed by atoms with Crippen molar-refractivity contribution in [3.8, 4) is 0 Å². The first kappa shape index (κ1) is 21.0. The lowest BCUT2D eigenvalue weighted by atomic mass is 9.94. The van der Waals surface area contributed by atoms with Gasteiger partial charge < -0.3 is 0 Å². The first-order valence-corrected chi connectivity index (χ1v) is 8.28. The monoisotopic (exact) mass is 317 g/mol. The average molecular weight is 317 g/mol. The Morgan fingerprint density at radius 2 is 1.68 bits per heavy atom. The van der Waals surface area contributed by atoms with Crippen molar-refractivity contribution < 1.29 is 13.2 Å². The summed E-state index contributed by atoms with van der Waals surface area (Å²) in [5, 5.41) is 0. The molecular weight excluding hydrogens is 287 g/mol. The average Bonchev–Trinajstić information content (AvgIpc) is 2.49. The number of halogens is 3. The van der Waals surface area contributed by atoms with Gasteiger partial charge in [0.25, 0.3) is 0 Å². The minimum atomic E-state index is -4.24. The second-order valence-electron chi connectivity index (χ2n) is 5.32. The van der Waals surface area contributed by atoms with Crippen LogP contribution in [0.1, 0.15) is 58.2 Å². The van der Waals surface area contributed by atoms with E-state index >= 15 is 0 Å². The van der Waals surface area contributed by atoms with Gasteiger partial charge in [0.05, 0.1) is 5.56 Å². The highest BCUT2D eigenvalue weighted by molar-refractivity contribution is 5.38. The Kier molecular flexibility index (Phi) is 9.42. The van der Waals surface area contributed by atoms with E-state index in [0.29, 0.717) is 24.4 Å². The van der Waals surface area contributed by atoms with Crippen LogP contribution < -0.4 is 0 Å². The first-order valence-electron chi connectivity index (χ1n) is 8.28. The Balaban J connectivity index is 0.00000102. The Morgan fingerprint density at radius 3 is 2.18 bits per heavy atom. The molecule has 0 saturated heterocycles. The molecule has 0 amide bonds. The molecule has 0 N–H and O–H groups in total. The molecule has 1 heterocycles. The van der Waals surface area contributed by atoms with Gasteiger partial charge in [0.15, 0.2) is 0 Å². The summed E-state index contributed by atoms with van der Waals surface area (Å²) in [4.78, 5) is 2.11. The Bertz CT molecular complexity index is 425. The zero-order valence-corrected chi connectivity index (χ0v) is 14.7. The van der Waals surface area contributed by atoms with E-state index in [-0.39, 0.29) is 0 Å². The van der Waals surface area contributed by atoms with Crippen LogP contribution >= 0.6 is 0 Å². The highest BCUT2D eigenvalue weighted by Crippen LogP contribution is 2.35. The highest BCUT2D eigenvalue weighted by Gasteiger charge is 2.35. The van der Waals surface area contributed by atoms with E-state index in [4.69, 9.17) is 0 Å². The van der Waals surface area contributed by atoms with Crippen molar-refractivity contribution >= 4 is 0 Å². The maximum absolute atomic E-state index is 12.9. The molecule has 2 rings (SSSR count). The lowest BCUT2D eigenvalue weighted by Gasteiger charge is -2.31. The lowest BCUT2D eigenvalue weighted by molar-refractivity contribution is -0.138. The summed E-state index contributed by atoms with van der Waals surface area (Å²) in [5.74, 6) is 0.476. The zero-order valence-electron chi connectivity index (χ0n) is 14.7. The van der Waals surface area contributed by atoms with E-state index < -0.39 is 11.7 Å². The van der Waals surface area contributed by atoms with Crippen LogP contribution in [-0.2, 0) is 19.1 Å². The molecule has 0 bridgehead atoms. The number of rotatable bonds is 2. The molecule has 0 spiro atoms. The molecule has 0 aromatic heterocycles. The van der Waals surface area contributed by atoms with E-state index in [9.17, 15) is 13.2 Å². The van der Waals surface area contributed by atoms with Crippen molar-refractivity contribution in [2.45, 2.75) is 60.7 Å². The van der Waals surface area contributed by atoms with E-state index in [2.05, 4.69) is 18.7 Å². The van der Waals surface area contributed by atoms with Gasteiger partial charge in [-0.15, -0.1) is 0 Å². The van der Waals surface area contributed by atoms with Crippen LogP contribution in [0.4, 0.5) is 13.2 Å². The molecule has 1 nitrogen and oxygen atoms in total. The molecule has 0 unspecified atom stereocenters. The summed E-state index contributed by atoms with van der Waals surface area (Å²) in [6.45, 7) is 14.3.